The van der Waals surface area contributed by atoms with E-state index in [1.165, 1.54) is 24.3 Å². The van der Waals surface area contributed by atoms with Gasteiger partial charge in [0.05, 0.1) is 14.2 Å². The van der Waals surface area contributed by atoms with E-state index in [1.54, 1.807) is 38.5 Å². The first-order valence-electron chi connectivity index (χ1n) is 6.78. The van der Waals surface area contributed by atoms with Crippen molar-refractivity contribution in [2.75, 3.05) is 14.2 Å². The second-order valence-corrected chi connectivity index (χ2v) is 4.86. The first kappa shape index (κ1) is 14.1. The molecule has 0 fully saturated rings. The minimum atomic E-state index is -0.100. The molecule has 0 atom stereocenters. The Kier molecular flexibility index (Phi) is 3.51. The second kappa shape index (κ2) is 5.48. The van der Waals surface area contributed by atoms with Gasteiger partial charge in [-0.25, -0.2) is 0 Å². The van der Waals surface area contributed by atoms with Crippen LogP contribution in [-0.4, -0.2) is 14.2 Å². The Balaban J connectivity index is 2.70. The van der Waals surface area contributed by atoms with Gasteiger partial charge in [-0.15, -0.1) is 0 Å². The lowest BCUT2D eigenvalue weighted by molar-refractivity contribution is 0.418. The zero-order chi connectivity index (χ0) is 15.7. The monoisotopic (exact) mass is 294 g/mol. The Morgan fingerprint density at radius 2 is 0.818 bits per heavy atom. The van der Waals surface area contributed by atoms with Gasteiger partial charge in [-0.05, 0) is 48.5 Å². The van der Waals surface area contributed by atoms with E-state index in [4.69, 9.17) is 9.47 Å². The molecule has 0 spiro atoms. The summed E-state index contributed by atoms with van der Waals surface area (Å²) in [6, 6.07) is 12.8. The number of hydrogen-bond donors (Lipinski definition) is 0. The van der Waals surface area contributed by atoms with Gasteiger partial charge in [0.2, 0.25) is 0 Å². The number of benzene rings is 1. The van der Waals surface area contributed by atoms with Gasteiger partial charge in [0.25, 0.3) is 0 Å². The van der Waals surface area contributed by atoms with Crippen molar-refractivity contribution < 1.29 is 9.47 Å². The van der Waals surface area contributed by atoms with Crippen LogP contribution in [0.3, 0.4) is 0 Å². The van der Waals surface area contributed by atoms with E-state index >= 15 is 0 Å². The van der Waals surface area contributed by atoms with E-state index in [0.29, 0.717) is 11.5 Å². The molecule has 4 nitrogen and oxygen atoms in total. The van der Waals surface area contributed by atoms with Crippen molar-refractivity contribution in [3.63, 3.8) is 0 Å². The summed E-state index contributed by atoms with van der Waals surface area (Å²) in [5, 5.41) is 3.03. The smallest absolute Gasteiger partial charge is 0.178 e. The molecule has 3 aromatic rings. The SMILES string of the molecule is COc1c2ccc(=O)ccc2c(OC)c2ccc(=O)ccc12. The first-order chi connectivity index (χ1) is 10.7. The van der Waals surface area contributed by atoms with Crippen molar-refractivity contribution in [3.05, 3.63) is 69.0 Å². The third-order valence-electron chi connectivity index (χ3n) is 3.62. The molecule has 0 N–H and O–H groups in total. The van der Waals surface area contributed by atoms with Gasteiger partial charge in [0, 0.05) is 21.5 Å². The number of fused-ring (bicyclic) bond motifs is 2. The largest absolute Gasteiger partial charge is 0.495 e. The van der Waals surface area contributed by atoms with Crippen molar-refractivity contribution in [1.29, 1.82) is 0 Å². The minimum Gasteiger partial charge on any atom is -0.495 e. The Morgan fingerprint density at radius 3 is 1.05 bits per heavy atom. The predicted molar refractivity (Wildman–Crippen MR) is 87.1 cm³/mol. The van der Waals surface area contributed by atoms with Gasteiger partial charge in [-0.3, -0.25) is 9.59 Å². The lowest BCUT2D eigenvalue weighted by Gasteiger charge is -2.12. The van der Waals surface area contributed by atoms with Gasteiger partial charge in [-0.2, -0.15) is 0 Å². The number of hydrogen-bond acceptors (Lipinski definition) is 4. The van der Waals surface area contributed by atoms with Crippen LogP contribution in [0.15, 0.2) is 58.1 Å². The van der Waals surface area contributed by atoms with Crippen molar-refractivity contribution >= 4 is 21.5 Å². The Labute approximate surface area is 126 Å². The fourth-order valence-electron chi connectivity index (χ4n) is 2.65. The van der Waals surface area contributed by atoms with Gasteiger partial charge in [-0.1, -0.05) is 0 Å². The van der Waals surface area contributed by atoms with Crippen molar-refractivity contribution in [3.8, 4) is 11.5 Å². The molecule has 0 heterocycles. The lowest BCUT2D eigenvalue weighted by Crippen LogP contribution is -1.90. The van der Waals surface area contributed by atoms with Crippen LogP contribution in [0.25, 0.3) is 21.5 Å². The van der Waals surface area contributed by atoms with Crippen LogP contribution in [0.2, 0.25) is 0 Å². The zero-order valence-corrected chi connectivity index (χ0v) is 12.3. The Morgan fingerprint density at radius 1 is 0.545 bits per heavy atom. The van der Waals surface area contributed by atoms with Crippen LogP contribution in [-0.2, 0) is 0 Å². The van der Waals surface area contributed by atoms with Crippen LogP contribution >= 0.6 is 0 Å². The summed E-state index contributed by atoms with van der Waals surface area (Å²) in [5.74, 6) is 1.22. The van der Waals surface area contributed by atoms with E-state index < -0.39 is 0 Å². The highest BCUT2D eigenvalue weighted by Crippen LogP contribution is 2.41. The van der Waals surface area contributed by atoms with Crippen LogP contribution < -0.4 is 20.3 Å². The van der Waals surface area contributed by atoms with E-state index in [9.17, 15) is 9.59 Å². The maximum atomic E-state index is 11.6. The molecule has 0 saturated heterocycles. The van der Waals surface area contributed by atoms with Crippen LogP contribution in [0.4, 0.5) is 0 Å². The highest BCUT2D eigenvalue weighted by atomic mass is 16.5. The lowest BCUT2D eigenvalue weighted by atomic mass is 10.0. The Hall–Kier alpha value is -2.88. The molecule has 22 heavy (non-hydrogen) atoms. The second-order valence-electron chi connectivity index (χ2n) is 4.86. The molecule has 0 saturated carbocycles. The number of rotatable bonds is 2. The van der Waals surface area contributed by atoms with Crippen molar-refractivity contribution in [2.24, 2.45) is 0 Å². The average molecular weight is 294 g/mol. The van der Waals surface area contributed by atoms with Crippen LogP contribution in [0, 0.1) is 0 Å². The number of methoxy groups -OCH3 is 2. The first-order valence-corrected chi connectivity index (χ1v) is 6.78. The predicted octanol–water partition coefficient (Wildman–Crippen LogP) is 2.73. The third-order valence-corrected chi connectivity index (χ3v) is 3.62. The summed E-state index contributed by atoms with van der Waals surface area (Å²) in [6.45, 7) is 0. The summed E-state index contributed by atoms with van der Waals surface area (Å²) < 4.78 is 11.1. The van der Waals surface area contributed by atoms with E-state index in [1.807, 2.05) is 0 Å². The molecule has 4 heteroatoms. The molecule has 0 aliphatic rings. The average Bonchev–Trinajstić information content (AvgIpc) is 2.83. The molecule has 3 aromatic carbocycles. The molecule has 0 aliphatic heterocycles. The standard InChI is InChI=1S/C18H14O4/c1-21-17-13-7-3-11(19)5-9-15(13)18(22-2)16-10-6-12(20)4-8-14(16)17/h3-10H,1-2H3. The van der Waals surface area contributed by atoms with E-state index in [2.05, 4.69) is 0 Å². The summed E-state index contributed by atoms with van der Waals surface area (Å²) in [6.07, 6.45) is 0. The van der Waals surface area contributed by atoms with E-state index in [-0.39, 0.29) is 10.9 Å². The molecule has 0 bridgehead atoms. The topological polar surface area (TPSA) is 52.6 Å². The highest BCUT2D eigenvalue weighted by Gasteiger charge is 2.13. The fraction of sp³-hybridized carbons (Fsp3) is 0.111. The zero-order valence-electron chi connectivity index (χ0n) is 12.3. The molecular weight excluding hydrogens is 280 g/mol. The highest BCUT2D eigenvalue weighted by molar-refractivity contribution is 6.10. The van der Waals surface area contributed by atoms with Gasteiger partial charge < -0.3 is 9.47 Å². The normalized spacial score (nSPS) is 10.6. The maximum Gasteiger partial charge on any atom is 0.178 e. The minimum absolute atomic E-state index is 0.100. The van der Waals surface area contributed by atoms with Crippen LogP contribution in [0.5, 0.6) is 11.5 Å². The van der Waals surface area contributed by atoms with Crippen molar-refractivity contribution in [1.82, 2.24) is 0 Å². The molecule has 0 radical (unpaired) electrons. The number of ether oxygens (including phenoxy) is 2. The maximum absolute atomic E-state index is 11.6. The summed E-state index contributed by atoms with van der Waals surface area (Å²) in [5.41, 5.74) is -0.200. The van der Waals surface area contributed by atoms with Gasteiger partial charge in [0.1, 0.15) is 11.5 Å². The van der Waals surface area contributed by atoms with Crippen LogP contribution in [0.1, 0.15) is 0 Å². The molecule has 0 unspecified atom stereocenters. The summed E-state index contributed by atoms with van der Waals surface area (Å²) in [7, 11) is 3.13. The summed E-state index contributed by atoms with van der Waals surface area (Å²) >= 11 is 0. The molecule has 3 rings (SSSR count). The molecule has 110 valence electrons. The Bertz CT molecular complexity index is 841. The van der Waals surface area contributed by atoms with E-state index in [0.717, 1.165) is 21.5 Å². The quantitative estimate of drug-likeness (QED) is 0.729. The van der Waals surface area contributed by atoms with Gasteiger partial charge in [0.15, 0.2) is 10.9 Å². The third kappa shape index (κ3) is 2.19. The molecule has 0 aliphatic carbocycles. The molecule has 0 amide bonds. The molecule has 0 aromatic heterocycles. The van der Waals surface area contributed by atoms with Gasteiger partial charge >= 0.3 is 0 Å². The summed E-state index contributed by atoms with van der Waals surface area (Å²) in [4.78, 5) is 23.3. The van der Waals surface area contributed by atoms with Crippen molar-refractivity contribution in [2.45, 2.75) is 0 Å². The fourth-order valence-corrected chi connectivity index (χ4v) is 2.65. The molecular formula is C18H14O4.